The van der Waals surface area contributed by atoms with Crippen LogP contribution >= 0.6 is 0 Å². The maximum absolute atomic E-state index is 11.9. The Bertz CT molecular complexity index is 675. The van der Waals surface area contributed by atoms with Crippen LogP contribution in [0.15, 0.2) is 23.8 Å². The highest BCUT2D eigenvalue weighted by Gasteiger charge is 2.68. The third-order valence-corrected chi connectivity index (χ3v) is 9.13. The van der Waals surface area contributed by atoms with Gasteiger partial charge in [0.2, 0.25) is 0 Å². The number of carbonyl (C=O) groups excluding carboxylic acids is 1. The highest BCUT2D eigenvalue weighted by molar-refractivity contribution is 5.91. The quantitative estimate of drug-likeness (QED) is 0.621. The topological polar surface area (TPSA) is 26.3 Å². The van der Waals surface area contributed by atoms with Crippen molar-refractivity contribution in [2.24, 2.45) is 40.9 Å². The SMILES string of the molecule is C[C@]12CCC3C(C4CC4C4=CC(=O)CC[C@@H]43)C1CCC21C=CCO1. The van der Waals surface area contributed by atoms with Gasteiger partial charge in [0.25, 0.3) is 0 Å². The van der Waals surface area contributed by atoms with Crippen LogP contribution in [0.4, 0.5) is 0 Å². The van der Waals surface area contributed by atoms with E-state index in [-0.39, 0.29) is 5.60 Å². The molecule has 4 saturated carbocycles. The number of ketones is 1. The van der Waals surface area contributed by atoms with Crippen LogP contribution in [0.25, 0.3) is 0 Å². The maximum atomic E-state index is 11.9. The normalized spacial score (nSPS) is 57.2. The Balaban J connectivity index is 1.39. The lowest BCUT2D eigenvalue weighted by atomic mass is 9.50. The Morgan fingerprint density at radius 1 is 1.12 bits per heavy atom. The van der Waals surface area contributed by atoms with Crippen LogP contribution in [-0.4, -0.2) is 18.0 Å². The Hall–Kier alpha value is -0.890. The first kappa shape index (κ1) is 14.3. The molecule has 1 aliphatic heterocycles. The molecule has 0 amide bonds. The van der Waals surface area contributed by atoms with E-state index in [0.717, 1.165) is 55.0 Å². The molecule has 0 aromatic carbocycles. The van der Waals surface area contributed by atoms with Crippen molar-refractivity contribution in [2.75, 3.05) is 6.61 Å². The predicted molar refractivity (Wildman–Crippen MR) is 92.3 cm³/mol. The van der Waals surface area contributed by atoms with E-state index >= 15 is 0 Å². The highest BCUT2D eigenvalue weighted by Crippen LogP contribution is 2.72. The third-order valence-electron chi connectivity index (χ3n) is 9.13. The van der Waals surface area contributed by atoms with Crippen molar-refractivity contribution >= 4 is 5.78 Å². The predicted octanol–water partition coefficient (Wildman–Crippen LogP) is 4.31. The fourth-order valence-electron chi connectivity index (χ4n) is 8.04. The fraction of sp³-hybridized carbons (Fsp3) is 0.773. The summed E-state index contributed by atoms with van der Waals surface area (Å²) in [5.41, 5.74) is 1.97. The van der Waals surface area contributed by atoms with E-state index in [0.29, 0.717) is 11.2 Å². The molecule has 0 N–H and O–H groups in total. The van der Waals surface area contributed by atoms with Crippen molar-refractivity contribution in [3.05, 3.63) is 23.8 Å². The van der Waals surface area contributed by atoms with Gasteiger partial charge in [-0.25, -0.2) is 0 Å². The summed E-state index contributed by atoms with van der Waals surface area (Å²) in [6.07, 6.45) is 15.3. The molecule has 6 rings (SSSR count). The molecule has 6 aliphatic rings. The first-order valence-electron chi connectivity index (χ1n) is 10.2. The Morgan fingerprint density at radius 3 is 2.88 bits per heavy atom. The van der Waals surface area contributed by atoms with Crippen LogP contribution in [0.2, 0.25) is 0 Å². The molecule has 0 bridgehead atoms. The summed E-state index contributed by atoms with van der Waals surface area (Å²) >= 11 is 0. The molecule has 0 aromatic heterocycles. The number of rotatable bonds is 0. The van der Waals surface area contributed by atoms with Gasteiger partial charge in [-0.3, -0.25) is 4.79 Å². The van der Waals surface area contributed by atoms with Crippen molar-refractivity contribution in [3.8, 4) is 0 Å². The van der Waals surface area contributed by atoms with Gasteiger partial charge in [0.1, 0.15) is 0 Å². The van der Waals surface area contributed by atoms with Gasteiger partial charge in [-0.15, -0.1) is 0 Å². The van der Waals surface area contributed by atoms with E-state index in [2.05, 4.69) is 25.2 Å². The maximum Gasteiger partial charge on any atom is 0.155 e. The van der Waals surface area contributed by atoms with E-state index in [4.69, 9.17) is 4.74 Å². The molecule has 0 aromatic rings. The van der Waals surface area contributed by atoms with E-state index in [9.17, 15) is 4.79 Å². The van der Waals surface area contributed by atoms with Gasteiger partial charge in [0.15, 0.2) is 5.78 Å². The summed E-state index contributed by atoms with van der Waals surface area (Å²) in [5.74, 6) is 5.38. The summed E-state index contributed by atoms with van der Waals surface area (Å²) in [4.78, 5) is 11.9. The number of carbonyl (C=O) groups is 1. The molecule has 2 nitrogen and oxygen atoms in total. The molecule has 5 aliphatic carbocycles. The summed E-state index contributed by atoms with van der Waals surface area (Å²) in [6, 6.07) is 0. The van der Waals surface area contributed by atoms with Crippen LogP contribution in [0.1, 0.15) is 51.9 Å². The molecule has 1 heterocycles. The number of ether oxygens (including phenoxy) is 1. The van der Waals surface area contributed by atoms with Gasteiger partial charge >= 0.3 is 0 Å². The van der Waals surface area contributed by atoms with Gasteiger partial charge in [-0.05, 0) is 80.1 Å². The lowest BCUT2D eigenvalue weighted by molar-refractivity contribution is -0.119. The summed E-state index contributed by atoms with van der Waals surface area (Å²) in [5, 5.41) is 0. The number of fused-ring (bicyclic) bond motifs is 9. The van der Waals surface area contributed by atoms with Crippen LogP contribution < -0.4 is 0 Å². The van der Waals surface area contributed by atoms with Crippen LogP contribution in [0.3, 0.4) is 0 Å². The van der Waals surface area contributed by atoms with Gasteiger partial charge in [0.05, 0.1) is 12.2 Å². The van der Waals surface area contributed by atoms with E-state index in [1.165, 1.54) is 32.1 Å². The van der Waals surface area contributed by atoms with Gasteiger partial charge < -0.3 is 4.74 Å². The summed E-state index contributed by atoms with van der Waals surface area (Å²) < 4.78 is 6.36. The number of allylic oxidation sites excluding steroid dienone is 1. The molecule has 128 valence electrons. The molecule has 0 radical (unpaired) electrons. The zero-order valence-electron chi connectivity index (χ0n) is 14.7. The molecule has 8 atom stereocenters. The average Bonchev–Trinajstić information content (AvgIpc) is 3.14. The van der Waals surface area contributed by atoms with Gasteiger partial charge in [0, 0.05) is 11.8 Å². The van der Waals surface area contributed by atoms with Crippen LogP contribution in [-0.2, 0) is 9.53 Å². The lowest BCUT2D eigenvalue weighted by Gasteiger charge is -2.55. The van der Waals surface area contributed by atoms with Crippen molar-refractivity contribution in [1.29, 1.82) is 0 Å². The Morgan fingerprint density at radius 2 is 2.04 bits per heavy atom. The third kappa shape index (κ3) is 1.55. The standard InChI is InChI=1S/C22H28O2/c1-21-8-5-15-14-4-3-13(23)11-16(14)17-12-18(17)20(15)19(21)6-9-22(21)7-2-10-24-22/h2,7,11,14-15,17-20H,3-6,8-10,12H2,1H3/t14-,15?,17?,18?,19?,20?,21+,22?/m1/s1. The summed E-state index contributed by atoms with van der Waals surface area (Å²) in [7, 11) is 0. The molecular formula is C22H28O2. The van der Waals surface area contributed by atoms with E-state index in [1.54, 1.807) is 5.57 Å². The molecule has 24 heavy (non-hydrogen) atoms. The second-order valence-corrected chi connectivity index (χ2v) is 9.71. The average molecular weight is 324 g/mol. The van der Waals surface area contributed by atoms with Crippen molar-refractivity contribution in [2.45, 2.75) is 57.5 Å². The van der Waals surface area contributed by atoms with Crippen LogP contribution in [0.5, 0.6) is 0 Å². The van der Waals surface area contributed by atoms with E-state index < -0.39 is 0 Å². The number of hydrogen-bond acceptors (Lipinski definition) is 2. The molecular weight excluding hydrogens is 296 g/mol. The highest BCUT2D eigenvalue weighted by atomic mass is 16.5. The fourth-order valence-corrected chi connectivity index (χ4v) is 8.04. The smallest absolute Gasteiger partial charge is 0.155 e. The van der Waals surface area contributed by atoms with Crippen LogP contribution in [0, 0.1) is 40.9 Å². The minimum absolute atomic E-state index is 0.0473. The largest absolute Gasteiger partial charge is 0.366 e. The van der Waals surface area contributed by atoms with Crippen molar-refractivity contribution < 1.29 is 9.53 Å². The zero-order chi connectivity index (χ0) is 16.1. The van der Waals surface area contributed by atoms with E-state index in [1.807, 2.05) is 0 Å². The first-order valence-corrected chi connectivity index (χ1v) is 10.2. The summed E-state index contributed by atoms with van der Waals surface area (Å²) in [6.45, 7) is 3.36. The number of hydrogen-bond donors (Lipinski definition) is 0. The van der Waals surface area contributed by atoms with Gasteiger partial charge in [-0.2, -0.15) is 0 Å². The first-order chi connectivity index (χ1) is 11.6. The Kier molecular flexibility index (Phi) is 2.64. The Labute approximate surface area is 144 Å². The second-order valence-electron chi connectivity index (χ2n) is 9.71. The molecule has 0 saturated heterocycles. The molecule has 4 fully saturated rings. The minimum Gasteiger partial charge on any atom is -0.366 e. The second kappa shape index (κ2) is 4.44. The minimum atomic E-state index is 0.0473. The van der Waals surface area contributed by atoms with Crippen molar-refractivity contribution in [3.63, 3.8) is 0 Å². The molecule has 1 spiro atoms. The van der Waals surface area contributed by atoms with Crippen molar-refractivity contribution in [1.82, 2.24) is 0 Å². The zero-order valence-corrected chi connectivity index (χ0v) is 14.7. The molecule has 6 unspecified atom stereocenters. The molecule has 2 heteroatoms. The monoisotopic (exact) mass is 324 g/mol. The lowest BCUT2D eigenvalue weighted by Crippen LogP contribution is -2.52. The van der Waals surface area contributed by atoms with Gasteiger partial charge in [-0.1, -0.05) is 24.6 Å².